The Hall–Kier alpha value is -2.30. The number of nitrogens with two attached hydrogens (primary N) is 1. The molecule has 2 rings (SSSR count). The van der Waals surface area contributed by atoms with E-state index in [2.05, 4.69) is 5.10 Å². The molecule has 1 aromatic carbocycles. The Balaban J connectivity index is 2.21. The van der Waals surface area contributed by atoms with E-state index in [0.717, 1.165) is 5.56 Å². The highest BCUT2D eigenvalue weighted by Crippen LogP contribution is 2.14. The SMILES string of the molecule is CCOC(=O)c1cn(Cc2ccccc2C)nc1N. The van der Waals surface area contributed by atoms with Gasteiger partial charge in [0.05, 0.1) is 13.2 Å². The van der Waals surface area contributed by atoms with E-state index >= 15 is 0 Å². The van der Waals surface area contributed by atoms with Crippen molar-refractivity contribution in [1.82, 2.24) is 9.78 Å². The fraction of sp³-hybridized carbons (Fsp3) is 0.286. The zero-order valence-electron chi connectivity index (χ0n) is 11.1. The molecule has 2 N–H and O–H groups in total. The van der Waals surface area contributed by atoms with Crippen molar-refractivity contribution in [2.24, 2.45) is 0 Å². The Labute approximate surface area is 112 Å². The summed E-state index contributed by atoms with van der Waals surface area (Å²) in [6, 6.07) is 8.02. The summed E-state index contributed by atoms with van der Waals surface area (Å²) in [6.45, 7) is 4.69. The molecule has 5 nitrogen and oxygen atoms in total. The van der Waals surface area contributed by atoms with Gasteiger partial charge in [-0.2, -0.15) is 5.10 Å². The quantitative estimate of drug-likeness (QED) is 0.852. The molecule has 0 spiro atoms. The fourth-order valence-electron chi connectivity index (χ4n) is 1.85. The van der Waals surface area contributed by atoms with Crippen molar-refractivity contribution in [3.8, 4) is 0 Å². The lowest BCUT2D eigenvalue weighted by molar-refractivity contribution is 0.0527. The molecule has 0 saturated carbocycles. The zero-order valence-corrected chi connectivity index (χ0v) is 11.1. The summed E-state index contributed by atoms with van der Waals surface area (Å²) in [4.78, 5) is 11.6. The molecule has 0 amide bonds. The number of anilines is 1. The second-order valence-electron chi connectivity index (χ2n) is 4.27. The van der Waals surface area contributed by atoms with Crippen LogP contribution < -0.4 is 5.73 Å². The van der Waals surface area contributed by atoms with Crippen LogP contribution in [0.25, 0.3) is 0 Å². The minimum atomic E-state index is -0.434. The van der Waals surface area contributed by atoms with Crippen molar-refractivity contribution in [3.05, 3.63) is 47.2 Å². The van der Waals surface area contributed by atoms with Gasteiger partial charge in [-0.05, 0) is 25.0 Å². The summed E-state index contributed by atoms with van der Waals surface area (Å²) in [6.07, 6.45) is 1.62. The molecule has 0 fully saturated rings. The molecule has 19 heavy (non-hydrogen) atoms. The number of nitrogen functional groups attached to an aromatic ring is 1. The number of aryl methyl sites for hydroxylation is 1. The van der Waals surface area contributed by atoms with Crippen LogP contribution in [0.5, 0.6) is 0 Å². The molecule has 0 bridgehead atoms. The molecule has 0 aliphatic heterocycles. The molecule has 0 aliphatic carbocycles. The average molecular weight is 259 g/mol. The minimum absolute atomic E-state index is 0.201. The molecule has 100 valence electrons. The Morgan fingerprint density at radius 3 is 2.84 bits per heavy atom. The first-order chi connectivity index (χ1) is 9.11. The minimum Gasteiger partial charge on any atom is -0.462 e. The summed E-state index contributed by atoms with van der Waals surface area (Å²) >= 11 is 0. The fourth-order valence-corrected chi connectivity index (χ4v) is 1.85. The maximum absolute atomic E-state index is 11.6. The largest absolute Gasteiger partial charge is 0.462 e. The summed E-state index contributed by atoms with van der Waals surface area (Å²) in [5, 5.41) is 4.14. The van der Waals surface area contributed by atoms with Crippen LogP contribution in [0.4, 0.5) is 5.82 Å². The van der Waals surface area contributed by atoms with Gasteiger partial charge in [0.25, 0.3) is 0 Å². The van der Waals surface area contributed by atoms with E-state index in [1.54, 1.807) is 17.8 Å². The molecule has 1 aromatic heterocycles. The number of benzene rings is 1. The van der Waals surface area contributed by atoms with Crippen molar-refractivity contribution in [2.45, 2.75) is 20.4 Å². The molecule has 5 heteroatoms. The maximum atomic E-state index is 11.6. The third kappa shape index (κ3) is 2.93. The zero-order chi connectivity index (χ0) is 13.8. The molecule has 0 aliphatic rings. The topological polar surface area (TPSA) is 70.1 Å². The van der Waals surface area contributed by atoms with Crippen LogP contribution in [-0.2, 0) is 11.3 Å². The predicted molar refractivity (Wildman–Crippen MR) is 72.9 cm³/mol. The van der Waals surface area contributed by atoms with Crippen molar-refractivity contribution in [1.29, 1.82) is 0 Å². The standard InChI is InChI=1S/C14H17N3O2/c1-3-19-14(18)12-9-17(16-13(12)15)8-11-7-5-4-6-10(11)2/h4-7,9H,3,8H2,1-2H3,(H2,15,16). The maximum Gasteiger partial charge on any atom is 0.343 e. The van der Waals surface area contributed by atoms with Crippen LogP contribution in [0.3, 0.4) is 0 Å². The van der Waals surface area contributed by atoms with E-state index in [1.165, 1.54) is 5.56 Å². The molecule has 0 saturated heterocycles. The van der Waals surface area contributed by atoms with Crippen LogP contribution in [-0.4, -0.2) is 22.4 Å². The van der Waals surface area contributed by atoms with E-state index in [4.69, 9.17) is 10.5 Å². The number of hydrogen-bond donors (Lipinski definition) is 1. The third-order valence-corrected chi connectivity index (χ3v) is 2.88. The van der Waals surface area contributed by atoms with E-state index in [0.29, 0.717) is 18.7 Å². The van der Waals surface area contributed by atoms with Crippen molar-refractivity contribution in [2.75, 3.05) is 12.3 Å². The van der Waals surface area contributed by atoms with E-state index < -0.39 is 5.97 Å². The van der Waals surface area contributed by atoms with Gasteiger partial charge in [0.1, 0.15) is 5.56 Å². The summed E-state index contributed by atoms with van der Waals surface area (Å²) in [5.74, 6) is -0.233. The first-order valence-electron chi connectivity index (χ1n) is 6.16. The lowest BCUT2D eigenvalue weighted by atomic mass is 10.1. The number of ether oxygens (including phenoxy) is 1. The number of nitrogens with zero attached hydrogens (tertiary/aromatic N) is 2. The normalized spacial score (nSPS) is 10.4. The van der Waals surface area contributed by atoms with Gasteiger partial charge in [-0.3, -0.25) is 4.68 Å². The molecule has 2 aromatic rings. The third-order valence-electron chi connectivity index (χ3n) is 2.88. The first-order valence-corrected chi connectivity index (χ1v) is 6.16. The number of carbonyl (C=O) groups is 1. The summed E-state index contributed by atoms with van der Waals surface area (Å²) in [5.41, 5.74) is 8.36. The highest BCUT2D eigenvalue weighted by atomic mass is 16.5. The average Bonchev–Trinajstić information content (AvgIpc) is 2.74. The molecular weight excluding hydrogens is 242 g/mol. The molecule has 0 atom stereocenters. The molecule has 0 radical (unpaired) electrons. The number of hydrogen-bond acceptors (Lipinski definition) is 4. The highest BCUT2D eigenvalue weighted by molar-refractivity contribution is 5.93. The van der Waals surface area contributed by atoms with Gasteiger partial charge >= 0.3 is 5.97 Å². The van der Waals surface area contributed by atoms with Gasteiger partial charge in [-0.25, -0.2) is 4.79 Å². The second-order valence-corrected chi connectivity index (χ2v) is 4.27. The monoisotopic (exact) mass is 259 g/mol. The first kappa shape index (κ1) is 13.1. The van der Waals surface area contributed by atoms with Gasteiger partial charge in [-0.15, -0.1) is 0 Å². The van der Waals surface area contributed by atoms with Crippen LogP contribution in [0.1, 0.15) is 28.4 Å². The Kier molecular flexibility index (Phi) is 3.85. The number of aromatic nitrogens is 2. The van der Waals surface area contributed by atoms with Crippen LogP contribution in [0, 0.1) is 6.92 Å². The lowest BCUT2D eigenvalue weighted by Gasteiger charge is -2.04. The smallest absolute Gasteiger partial charge is 0.343 e. The summed E-state index contributed by atoms with van der Waals surface area (Å²) in [7, 11) is 0. The molecule has 1 heterocycles. The molecular formula is C14H17N3O2. The van der Waals surface area contributed by atoms with Gasteiger partial charge < -0.3 is 10.5 Å². The Morgan fingerprint density at radius 2 is 2.16 bits per heavy atom. The van der Waals surface area contributed by atoms with E-state index in [-0.39, 0.29) is 5.82 Å². The predicted octanol–water partition coefficient (Wildman–Crippen LogP) is 2.00. The number of carbonyl (C=O) groups excluding carboxylic acids is 1. The van der Waals surface area contributed by atoms with Crippen LogP contribution >= 0.6 is 0 Å². The van der Waals surface area contributed by atoms with E-state index in [9.17, 15) is 4.79 Å². The van der Waals surface area contributed by atoms with Gasteiger partial charge in [0.2, 0.25) is 0 Å². The van der Waals surface area contributed by atoms with Crippen molar-refractivity contribution < 1.29 is 9.53 Å². The lowest BCUT2D eigenvalue weighted by Crippen LogP contribution is -2.06. The van der Waals surface area contributed by atoms with Crippen molar-refractivity contribution in [3.63, 3.8) is 0 Å². The van der Waals surface area contributed by atoms with E-state index in [1.807, 2.05) is 31.2 Å². The Bertz CT molecular complexity index is 590. The highest BCUT2D eigenvalue weighted by Gasteiger charge is 2.15. The number of esters is 1. The van der Waals surface area contributed by atoms with Gasteiger partial charge in [0, 0.05) is 6.20 Å². The van der Waals surface area contributed by atoms with Crippen LogP contribution in [0.15, 0.2) is 30.5 Å². The summed E-state index contributed by atoms with van der Waals surface area (Å²) < 4.78 is 6.58. The molecule has 0 unspecified atom stereocenters. The van der Waals surface area contributed by atoms with Crippen LogP contribution in [0.2, 0.25) is 0 Å². The van der Waals surface area contributed by atoms with Crippen molar-refractivity contribution >= 4 is 11.8 Å². The Morgan fingerprint density at radius 1 is 1.42 bits per heavy atom. The van der Waals surface area contributed by atoms with Gasteiger partial charge in [0.15, 0.2) is 5.82 Å². The second kappa shape index (κ2) is 5.56. The number of rotatable bonds is 4. The van der Waals surface area contributed by atoms with Gasteiger partial charge in [-0.1, -0.05) is 24.3 Å².